The summed E-state index contributed by atoms with van der Waals surface area (Å²) in [6, 6.07) is 12.3. The van der Waals surface area contributed by atoms with Crippen molar-refractivity contribution in [2.75, 3.05) is 13.7 Å². The Balaban J connectivity index is 1.48. The standard InChI is InChI=1S/C17H17N3O5/c1-22-11-14-19-15(25-20-14)9-10-18-17(21)13-7-8-16(24-13)23-12-5-3-2-4-6-12/h2-8H,9-11H2,1H3,(H,18,21). The summed E-state index contributed by atoms with van der Waals surface area (Å²) in [7, 11) is 1.55. The van der Waals surface area contributed by atoms with E-state index in [0.717, 1.165) is 0 Å². The Morgan fingerprint density at radius 2 is 2.04 bits per heavy atom. The summed E-state index contributed by atoms with van der Waals surface area (Å²) in [6.45, 7) is 0.621. The highest BCUT2D eigenvalue weighted by molar-refractivity contribution is 5.91. The average Bonchev–Trinajstić information content (AvgIpc) is 3.26. The molecule has 1 aromatic carbocycles. The number of rotatable bonds is 8. The molecule has 8 nitrogen and oxygen atoms in total. The zero-order chi connectivity index (χ0) is 17.5. The first kappa shape index (κ1) is 16.7. The molecule has 0 atom stereocenters. The first-order valence-electron chi connectivity index (χ1n) is 7.66. The molecule has 0 saturated heterocycles. The largest absolute Gasteiger partial charge is 0.426 e. The second-order valence-corrected chi connectivity index (χ2v) is 5.08. The number of carbonyl (C=O) groups excluding carboxylic acids is 1. The van der Waals surface area contributed by atoms with Gasteiger partial charge in [-0.2, -0.15) is 4.98 Å². The zero-order valence-corrected chi connectivity index (χ0v) is 13.6. The lowest BCUT2D eigenvalue weighted by Gasteiger charge is -2.02. The van der Waals surface area contributed by atoms with Gasteiger partial charge in [0.05, 0.1) is 0 Å². The number of aromatic nitrogens is 2. The molecule has 1 amide bonds. The van der Waals surface area contributed by atoms with E-state index in [1.54, 1.807) is 31.4 Å². The van der Waals surface area contributed by atoms with Gasteiger partial charge in [-0.1, -0.05) is 23.4 Å². The molecule has 0 aliphatic carbocycles. The number of ether oxygens (including phenoxy) is 2. The van der Waals surface area contributed by atoms with E-state index < -0.39 is 0 Å². The number of methoxy groups -OCH3 is 1. The molecule has 0 bridgehead atoms. The molecule has 2 aromatic heterocycles. The minimum absolute atomic E-state index is 0.163. The van der Waals surface area contributed by atoms with Gasteiger partial charge in [0, 0.05) is 26.1 Å². The molecule has 0 fully saturated rings. The van der Waals surface area contributed by atoms with E-state index in [1.807, 2.05) is 18.2 Å². The van der Waals surface area contributed by atoms with Crippen molar-refractivity contribution in [1.82, 2.24) is 15.5 Å². The van der Waals surface area contributed by atoms with Crippen LogP contribution in [-0.2, 0) is 17.8 Å². The number of furan rings is 1. The summed E-state index contributed by atoms with van der Waals surface area (Å²) in [5.41, 5.74) is 0. The number of nitrogens with zero attached hydrogens (tertiary/aromatic N) is 2. The molecule has 0 saturated carbocycles. The minimum atomic E-state index is -0.348. The van der Waals surface area contributed by atoms with Crippen molar-refractivity contribution < 1.29 is 23.2 Å². The maximum absolute atomic E-state index is 12.1. The number of hydrogen-bond acceptors (Lipinski definition) is 7. The molecule has 0 radical (unpaired) electrons. The number of carbonyl (C=O) groups is 1. The van der Waals surface area contributed by atoms with Crippen molar-refractivity contribution in [2.45, 2.75) is 13.0 Å². The highest BCUT2D eigenvalue weighted by atomic mass is 16.6. The van der Waals surface area contributed by atoms with E-state index in [9.17, 15) is 4.79 Å². The molecule has 1 N–H and O–H groups in total. The van der Waals surface area contributed by atoms with Crippen LogP contribution in [0.2, 0.25) is 0 Å². The summed E-state index contributed by atoms with van der Waals surface area (Å²) in [5, 5.41) is 6.46. The van der Waals surface area contributed by atoms with Crippen LogP contribution in [0, 0.1) is 0 Å². The first-order valence-corrected chi connectivity index (χ1v) is 7.66. The van der Waals surface area contributed by atoms with Crippen LogP contribution in [0.5, 0.6) is 11.7 Å². The second-order valence-electron chi connectivity index (χ2n) is 5.08. The van der Waals surface area contributed by atoms with Crippen molar-refractivity contribution >= 4 is 5.91 Å². The van der Waals surface area contributed by atoms with Crippen LogP contribution >= 0.6 is 0 Å². The molecule has 25 heavy (non-hydrogen) atoms. The van der Waals surface area contributed by atoms with E-state index in [2.05, 4.69) is 15.5 Å². The zero-order valence-electron chi connectivity index (χ0n) is 13.6. The SMILES string of the molecule is COCc1noc(CCNC(=O)c2ccc(Oc3ccccc3)o2)n1. The van der Waals surface area contributed by atoms with Crippen LogP contribution in [-0.4, -0.2) is 29.7 Å². The van der Waals surface area contributed by atoms with E-state index in [0.29, 0.717) is 30.4 Å². The summed E-state index contributed by atoms with van der Waals surface area (Å²) < 4.78 is 20.8. The van der Waals surface area contributed by atoms with Gasteiger partial charge in [-0.15, -0.1) is 0 Å². The van der Waals surface area contributed by atoms with Gasteiger partial charge in [0.1, 0.15) is 12.4 Å². The smallest absolute Gasteiger partial charge is 0.290 e. The van der Waals surface area contributed by atoms with Crippen molar-refractivity contribution in [3.8, 4) is 11.7 Å². The molecule has 0 spiro atoms. The average molecular weight is 343 g/mol. The lowest BCUT2D eigenvalue weighted by molar-refractivity contribution is 0.0920. The fraction of sp³-hybridized carbons (Fsp3) is 0.235. The molecule has 8 heteroatoms. The predicted octanol–water partition coefficient (Wildman–Crippen LogP) is 2.57. The van der Waals surface area contributed by atoms with Crippen molar-refractivity contribution in [3.05, 3.63) is 59.9 Å². The number of hydrogen-bond donors (Lipinski definition) is 1. The predicted molar refractivity (Wildman–Crippen MR) is 86.3 cm³/mol. The third-order valence-electron chi connectivity index (χ3n) is 3.17. The van der Waals surface area contributed by atoms with Crippen molar-refractivity contribution in [3.63, 3.8) is 0 Å². The molecule has 0 aliphatic rings. The number of amides is 1. The molecule has 0 unspecified atom stereocenters. The number of nitrogens with one attached hydrogen (secondary N) is 1. The molecule has 3 aromatic rings. The normalized spacial score (nSPS) is 10.6. The van der Waals surface area contributed by atoms with Gasteiger partial charge < -0.3 is 23.7 Å². The maximum atomic E-state index is 12.1. The second kappa shape index (κ2) is 8.11. The Morgan fingerprint density at radius 3 is 2.84 bits per heavy atom. The monoisotopic (exact) mass is 343 g/mol. The van der Waals surface area contributed by atoms with Crippen LogP contribution in [0.25, 0.3) is 0 Å². The van der Waals surface area contributed by atoms with Gasteiger partial charge in [0.2, 0.25) is 5.89 Å². The van der Waals surface area contributed by atoms with E-state index >= 15 is 0 Å². The molecule has 130 valence electrons. The Bertz CT molecular complexity index is 813. The Kier molecular flexibility index (Phi) is 5.43. The highest BCUT2D eigenvalue weighted by Gasteiger charge is 2.13. The van der Waals surface area contributed by atoms with E-state index in [4.69, 9.17) is 18.4 Å². The van der Waals surface area contributed by atoms with Gasteiger partial charge in [0.15, 0.2) is 11.6 Å². The molecular formula is C17H17N3O5. The van der Waals surface area contributed by atoms with Crippen LogP contribution < -0.4 is 10.1 Å². The fourth-order valence-electron chi connectivity index (χ4n) is 2.05. The fourth-order valence-corrected chi connectivity index (χ4v) is 2.05. The summed E-state index contributed by atoms with van der Waals surface area (Å²) in [6.07, 6.45) is 0.413. The van der Waals surface area contributed by atoms with Gasteiger partial charge >= 0.3 is 0 Å². The van der Waals surface area contributed by atoms with E-state index in [-0.39, 0.29) is 24.2 Å². The lowest BCUT2D eigenvalue weighted by atomic mass is 10.3. The Labute approximate surface area is 143 Å². The number of para-hydroxylation sites is 1. The summed E-state index contributed by atoms with van der Waals surface area (Å²) in [5.74, 6) is 1.60. The van der Waals surface area contributed by atoms with Crippen LogP contribution in [0.3, 0.4) is 0 Å². The van der Waals surface area contributed by atoms with Gasteiger partial charge in [-0.25, -0.2) is 0 Å². The minimum Gasteiger partial charge on any atom is -0.426 e. The van der Waals surface area contributed by atoms with Crippen molar-refractivity contribution in [2.24, 2.45) is 0 Å². The molecular weight excluding hydrogens is 326 g/mol. The van der Waals surface area contributed by atoms with E-state index in [1.165, 1.54) is 0 Å². The first-order chi connectivity index (χ1) is 12.2. The highest BCUT2D eigenvalue weighted by Crippen LogP contribution is 2.23. The van der Waals surface area contributed by atoms with Crippen LogP contribution in [0.15, 0.2) is 51.4 Å². The van der Waals surface area contributed by atoms with Crippen molar-refractivity contribution in [1.29, 1.82) is 0 Å². The van der Waals surface area contributed by atoms with Crippen LogP contribution in [0.1, 0.15) is 22.3 Å². The molecule has 3 rings (SSSR count). The summed E-state index contributed by atoms with van der Waals surface area (Å²) >= 11 is 0. The topological polar surface area (TPSA) is 99.6 Å². The third-order valence-corrected chi connectivity index (χ3v) is 3.17. The summed E-state index contributed by atoms with van der Waals surface area (Å²) in [4.78, 5) is 16.2. The third kappa shape index (κ3) is 4.67. The van der Waals surface area contributed by atoms with Gasteiger partial charge in [-0.3, -0.25) is 4.79 Å². The van der Waals surface area contributed by atoms with Gasteiger partial charge in [-0.05, 0) is 18.2 Å². The lowest BCUT2D eigenvalue weighted by Crippen LogP contribution is -2.25. The quantitative estimate of drug-likeness (QED) is 0.671. The Morgan fingerprint density at radius 1 is 1.20 bits per heavy atom. The Hall–Kier alpha value is -3.13. The molecule has 0 aliphatic heterocycles. The molecule has 2 heterocycles. The number of benzene rings is 1. The van der Waals surface area contributed by atoms with Gasteiger partial charge in [0.25, 0.3) is 11.9 Å². The van der Waals surface area contributed by atoms with Crippen LogP contribution in [0.4, 0.5) is 0 Å². The maximum Gasteiger partial charge on any atom is 0.290 e.